The van der Waals surface area contributed by atoms with Crippen LogP contribution in [0.4, 0.5) is 4.79 Å². The predicted molar refractivity (Wildman–Crippen MR) is 127 cm³/mol. The first kappa shape index (κ1) is 22.5. The molecule has 164 valence electrons. The zero-order valence-electron chi connectivity index (χ0n) is 17.0. The third-order valence-corrected chi connectivity index (χ3v) is 6.56. The number of rotatable bonds is 6. The minimum Gasteiger partial charge on any atom is -0.465 e. The zero-order chi connectivity index (χ0) is 22.8. The van der Waals surface area contributed by atoms with Crippen molar-refractivity contribution in [3.05, 3.63) is 74.7 Å². The molecule has 6 nitrogen and oxygen atoms in total. The van der Waals surface area contributed by atoms with Crippen LogP contribution in [-0.2, 0) is 27.4 Å². The molecular formula is C23H18Cl2N2O4S. The lowest BCUT2D eigenvalue weighted by molar-refractivity contribution is -0.143. The first-order chi connectivity index (χ1) is 15.4. The summed E-state index contributed by atoms with van der Waals surface area (Å²) in [5.41, 5.74) is 2.28. The highest BCUT2D eigenvalue weighted by Crippen LogP contribution is 2.35. The van der Waals surface area contributed by atoms with Gasteiger partial charge >= 0.3 is 5.97 Å². The third kappa shape index (κ3) is 4.55. The highest BCUT2D eigenvalue weighted by atomic mass is 35.5. The van der Waals surface area contributed by atoms with Crippen LogP contribution in [0.1, 0.15) is 18.1 Å². The fraction of sp³-hybridized carbons (Fsp3) is 0.174. The van der Waals surface area contributed by atoms with Crippen molar-refractivity contribution in [3.8, 4) is 0 Å². The van der Waals surface area contributed by atoms with E-state index in [4.69, 9.17) is 27.9 Å². The Labute approximate surface area is 198 Å². The molecule has 2 amide bonds. The van der Waals surface area contributed by atoms with Crippen molar-refractivity contribution in [3.63, 3.8) is 0 Å². The number of benzene rings is 2. The molecule has 2 heterocycles. The van der Waals surface area contributed by atoms with Gasteiger partial charge in [-0.15, -0.1) is 0 Å². The van der Waals surface area contributed by atoms with Gasteiger partial charge in [-0.3, -0.25) is 19.3 Å². The molecule has 1 fully saturated rings. The van der Waals surface area contributed by atoms with Gasteiger partial charge in [-0.2, -0.15) is 0 Å². The van der Waals surface area contributed by atoms with Gasteiger partial charge in [0.1, 0.15) is 6.54 Å². The maximum absolute atomic E-state index is 13.0. The molecule has 9 heteroatoms. The number of carbonyl (C=O) groups excluding carboxylic acids is 3. The lowest BCUT2D eigenvalue weighted by atomic mass is 10.1. The van der Waals surface area contributed by atoms with Crippen LogP contribution in [0, 0.1) is 0 Å². The molecule has 1 aliphatic rings. The van der Waals surface area contributed by atoms with E-state index in [9.17, 15) is 14.4 Å². The van der Waals surface area contributed by atoms with Gasteiger partial charge in [-0.25, -0.2) is 0 Å². The summed E-state index contributed by atoms with van der Waals surface area (Å²) in [4.78, 5) is 39.0. The van der Waals surface area contributed by atoms with Crippen molar-refractivity contribution >= 4 is 69.1 Å². The number of imide groups is 1. The normalized spacial score (nSPS) is 15.2. The third-order valence-electron chi connectivity index (χ3n) is 4.91. The molecule has 4 rings (SSSR count). The maximum atomic E-state index is 13.0. The van der Waals surface area contributed by atoms with Gasteiger partial charge in [0.15, 0.2) is 0 Å². The van der Waals surface area contributed by atoms with Gasteiger partial charge in [0.05, 0.1) is 28.1 Å². The number of ether oxygens (including phenoxy) is 1. The molecular weight excluding hydrogens is 471 g/mol. The molecule has 3 aromatic rings. The molecule has 0 spiro atoms. The fourth-order valence-corrected chi connectivity index (χ4v) is 4.61. The van der Waals surface area contributed by atoms with Gasteiger partial charge in [0.2, 0.25) is 0 Å². The second-order valence-electron chi connectivity index (χ2n) is 7.05. The molecule has 0 unspecified atom stereocenters. The number of fused-ring (bicyclic) bond motifs is 1. The first-order valence-electron chi connectivity index (χ1n) is 9.80. The second kappa shape index (κ2) is 9.40. The van der Waals surface area contributed by atoms with Crippen LogP contribution in [0.3, 0.4) is 0 Å². The average Bonchev–Trinajstić information content (AvgIpc) is 3.23. The summed E-state index contributed by atoms with van der Waals surface area (Å²) in [6.45, 7) is 2.21. The van der Waals surface area contributed by atoms with E-state index in [1.165, 1.54) is 4.90 Å². The van der Waals surface area contributed by atoms with Crippen molar-refractivity contribution in [2.45, 2.75) is 20.0 Å². The SMILES string of the molecule is CCOC(=O)Cn1cc(/C=C2\SC(=O)N(Cc3ccc(Cl)c(Cl)c3)C2=O)c2ccccc21. The van der Waals surface area contributed by atoms with Gasteiger partial charge in [-0.05, 0) is 48.5 Å². The highest BCUT2D eigenvalue weighted by Gasteiger charge is 2.35. The monoisotopic (exact) mass is 488 g/mol. The minimum absolute atomic E-state index is 0.0565. The first-order valence-corrected chi connectivity index (χ1v) is 11.4. The molecule has 0 N–H and O–H groups in total. The summed E-state index contributed by atoms with van der Waals surface area (Å²) in [6, 6.07) is 12.5. The molecule has 1 saturated heterocycles. The summed E-state index contributed by atoms with van der Waals surface area (Å²) in [7, 11) is 0. The Hall–Kier alpha value is -2.74. The standard InChI is InChI=1S/C23H18Cl2N2O4S/c1-2-31-21(28)13-26-12-15(16-5-3-4-6-19(16)26)10-20-22(29)27(23(30)32-20)11-14-7-8-17(24)18(25)9-14/h3-10,12H,2,11,13H2,1H3/b20-10-. The van der Waals surface area contributed by atoms with Crippen molar-refractivity contribution < 1.29 is 19.1 Å². The maximum Gasteiger partial charge on any atom is 0.325 e. The molecule has 0 aliphatic carbocycles. The smallest absolute Gasteiger partial charge is 0.325 e. The predicted octanol–water partition coefficient (Wildman–Crippen LogP) is 5.75. The molecule has 2 aromatic carbocycles. The van der Waals surface area contributed by atoms with Crippen LogP contribution in [-0.4, -0.2) is 33.2 Å². The lowest BCUT2D eigenvalue weighted by Gasteiger charge is -2.12. The van der Waals surface area contributed by atoms with E-state index in [1.54, 1.807) is 42.0 Å². The average molecular weight is 489 g/mol. The summed E-state index contributed by atoms with van der Waals surface area (Å²) in [6.07, 6.45) is 3.47. The molecule has 0 radical (unpaired) electrons. The fourth-order valence-electron chi connectivity index (χ4n) is 3.46. The number of hydrogen-bond donors (Lipinski definition) is 0. The summed E-state index contributed by atoms with van der Waals surface area (Å²) < 4.78 is 6.83. The van der Waals surface area contributed by atoms with Gasteiger partial charge in [-0.1, -0.05) is 47.5 Å². The lowest BCUT2D eigenvalue weighted by Crippen LogP contribution is -2.27. The van der Waals surface area contributed by atoms with Gasteiger partial charge < -0.3 is 9.30 Å². The molecule has 0 atom stereocenters. The van der Waals surface area contributed by atoms with Crippen LogP contribution in [0.15, 0.2) is 53.6 Å². The molecule has 1 aromatic heterocycles. The number of carbonyl (C=O) groups is 3. The Kier molecular flexibility index (Phi) is 6.60. The number of esters is 1. The van der Waals surface area contributed by atoms with E-state index >= 15 is 0 Å². The van der Waals surface area contributed by atoms with Gasteiger partial charge in [0.25, 0.3) is 11.1 Å². The number of hydrogen-bond acceptors (Lipinski definition) is 5. The van der Waals surface area contributed by atoms with Crippen LogP contribution < -0.4 is 0 Å². The summed E-state index contributed by atoms with van der Waals surface area (Å²) >= 11 is 12.9. The van der Waals surface area contributed by atoms with Crippen LogP contribution >= 0.6 is 35.0 Å². The van der Waals surface area contributed by atoms with Crippen molar-refractivity contribution in [2.24, 2.45) is 0 Å². The number of para-hydroxylation sites is 1. The van der Waals surface area contributed by atoms with E-state index in [1.807, 2.05) is 24.3 Å². The Balaban J connectivity index is 1.62. The van der Waals surface area contributed by atoms with Gasteiger partial charge in [0, 0.05) is 22.7 Å². The van der Waals surface area contributed by atoms with Crippen molar-refractivity contribution in [1.29, 1.82) is 0 Å². The molecule has 1 aliphatic heterocycles. The molecule has 0 saturated carbocycles. The largest absolute Gasteiger partial charge is 0.465 e. The summed E-state index contributed by atoms with van der Waals surface area (Å²) in [5, 5.41) is 1.28. The Bertz CT molecular complexity index is 1270. The number of nitrogens with zero attached hydrogens (tertiary/aromatic N) is 2. The number of amides is 2. The number of aromatic nitrogens is 1. The van der Waals surface area contributed by atoms with Crippen LogP contribution in [0.5, 0.6) is 0 Å². The Morgan fingerprint density at radius 3 is 2.66 bits per heavy atom. The van der Waals surface area contributed by atoms with E-state index in [-0.39, 0.29) is 30.2 Å². The zero-order valence-corrected chi connectivity index (χ0v) is 19.3. The van der Waals surface area contributed by atoms with Crippen LogP contribution in [0.2, 0.25) is 10.0 Å². The molecule has 0 bridgehead atoms. The number of thioether (sulfide) groups is 1. The van der Waals surface area contributed by atoms with Crippen molar-refractivity contribution in [1.82, 2.24) is 9.47 Å². The topological polar surface area (TPSA) is 68.6 Å². The Morgan fingerprint density at radius 1 is 1.12 bits per heavy atom. The minimum atomic E-state index is -0.381. The van der Waals surface area contributed by atoms with E-state index in [2.05, 4.69) is 0 Å². The number of halogens is 2. The van der Waals surface area contributed by atoms with E-state index in [0.29, 0.717) is 27.1 Å². The van der Waals surface area contributed by atoms with Crippen molar-refractivity contribution in [2.75, 3.05) is 6.61 Å². The van der Waals surface area contributed by atoms with E-state index < -0.39 is 0 Å². The van der Waals surface area contributed by atoms with Crippen LogP contribution in [0.25, 0.3) is 17.0 Å². The summed E-state index contributed by atoms with van der Waals surface area (Å²) in [5.74, 6) is -0.727. The second-order valence-corrected chi connectivity index (χ2v) is 8.86. The Morgan fingerprint density at radius 2 is 1.91 bits per heavy atom. The molecule has 32 heavy (non-hydrogen) atoms. The quantitative estimate of drug-likeness (QED) is 0.326. The highest BCUT2D eigenvalue weighted by molar-refractivity contribution is 8.18. The van der Waals surface area contributed by atoms with E-state index in [0.717, 1.165) is 28.2 Å².